The molecule has 0 aromatic carbocycles. The molecule has 0 aliphatic carbocycles. The minimum Gasteiger partial charge on any atom is -0.394 e. The normalized spacial score (nSPS) is 35.2. The zero-order chi connectivity index (χ0) is 16.8. The fourth-order valence-corrected chi connectivity index (χ4v) is 3.41. The van der Waals surface area contributed by atoms with E-state index in [1.165, 1.54) is 0 Å². The molecule has 1 aromatic heterocycles. The standard InChI is InChI=1S/C14H21N5O5/c20-3-7-9(23)2-18-5-16-13-12(14(18)17-7)15-6-19(13)11-1-8(22)10(4-21)24-11/h6-11,16,20-23H,1-5H2/t7?,8-,9?,10+,11+/m0/s1. The van der Waals surface area contributed by atoms with Gasteiger partial charge >= 0.3 is 0 Å². The number of aromatic nitrogens is 2. The van der Waals surface area contributed by atoms with Crippen molar-refractivity contribution in [3.8, 4) is 0 Å². The zero-order valence-electron chi connectivity index (χ0n) is 13.0. The van der Waals surface area contributed by atoms with Crippen LogP contribution in [-0.2, 0) is 4.74 Å². The molecule has 0 amide bonds. The van der Waals surface area contributed by atoms with Crippen LogP contribution in [0.3, 0.4) is 0 Å². The van der Waals surface area contributed by atoms with Crippen molar-refractivity contribution in [2.24, 2.45) is 4.99 Å². The molecule has 10 nitrogen and oxygen atoms in total. The molecule has 5 atom stereocenters. The number of imidazole rings is 1. The first-order chi connectivity index (χ1) is 11.6. The molecule has 0 saturated carbocycles. The van der Waals surface area contributed by atoms with Crippen LogP contribution in [0.15, 0.2) is 11.3 Å². The summed E-state index contributed by atoms with van der Waals surface area (Å²) in [5.74, 6) is 1.35. The maximum atomic E-state index is 9.99. The highest BCUT2D eigenvalue weighted by Gasteiger charge is 2.39. The van der Waals surface area contributed by atoms with Gasteiger partial charge in [0, 0.05) is 13.0 Å². The Hall–Kier alpha value is -1.72. The van der Waals surface area contributed by atoms with Crippen LogP contribution in [0.25, 0.3) is 0 Å². The molecule has 4 heterocycles. The van der Waals surface area contributed by atoms with Gasteiger partial charge in [-0.05, 0) is 0 Å². The molecule has 0 spiro atoms. The third-order valence-electron chi connectivity index (χ3n) is 4.76. The summed E-state index contributed by atoms with van der Waals surface area (Å²) in [7, 11) is 0. The van der Waals surface area contributed by atoms with E-state index in [1.807, 2.05) is 4.90 Å². The summed E-state index contributed by atoms with van der Waals surface area (Å²) < 4.78 is 7.46. The topological polar surface area (TPSA) is 136 Å². The first kappa shape index (κ1) is 15.8. The monoisotopic (exact) mass is 339 g/mol. The van der Waals surface area contributed by atoms with Crippen LogP contribution in [0, 0.1) is 0 Å². The lowest BCUT2D eigenvalue weighted by Gasteiger charge is -2.38. The van der Waals surface area contributed by atoms with Gasteiger partial charge in [-0.1, -0.05) is 0 Å². The summed E-state index contributed by atoms with van der Waals surface area (Å²) in [4.78, 5) is 10.7. The summed E-state index contributed by atoms with van der Waals surface area (Å²) in [6.45, 7) is 0.358. The predicted octanol–water partition coefficient (Wildman–Crippen LogP) is -2.31. The molecule has 0 bridgehead atoms. The van der Waals surface area contributed by atoms with Crippen LogP contribution in [0.4, 0.5) is 5.82 Å². The van der Waals surface area contributed by atoms with Crippen molar-refractivity contribution in [3.63, 3.8) is 0 Å². The first-order valence-corrected chi connectivity index (χ1v) is 7.99. The zero-order valence-corrected chi connectivity index (χ0v) is 13.0. The Morgan fingerprint density at radius 1 is 1.25 bits per heavy atom. The third kappa shape index (κ3) is 2.38. The summed E-state index contributed by atoms with van der Waals surface area (Å²) in [5, 5.41) is 41.7. The number of aliphatic hydroxyl groups excluding tert-OH is 4. The second-order valence-corrected chi connectivity index (χ2v) is 6.29. The fraction of sp³-hybridized carbons (Fsp3) is 0.714. The summed E-state index contributed by atoms with van der Waals surface area (Å²) in [6.07, 6.45) is -0.490. The largest absolute Gasteiger partial charge is 0.394 e. The van der Waals surface area contributed by atoms with Crippen molar-refractivity contribution in [2.75, 3.05) is 31.7 Å². The smallest absolute Gasteiger partial charge is 0.155 e. The van der Waals surface area contributed by atoms with Crippen LogP contribution in [0.5, 0.6) is 0 Å². The Labute approximate surface area is 138 Å². The molecular formula is C14H21N5O5. The van der Waals surface area contributed by atoms with Gasteiger partial charge in [-0.2, -0.15) is 0 Å². The molecule has 1 saturated heterocycles. The molecule has 4 rings (SSSR count). The average molecular weight is 339 g/mol. The molecular weight excluding hydrogens is 318 g/mol. The Kier molecular flexibility index (Phi) is 3.93. The van der Waals surface area contributed by atoms with Crippen LogP contribution in [-0.4, -0.2) is 91.5 Å². The lowest BCUT2D eigenvalue weighted by molar-refractivity contribution is -0.0438. The van der Waals surface area contributed by atoms with Gasteiger partial charge < -0.3 is 35.4 Å². The van der Waals surface area contributed by atoms with E-state index in [4.69, 9.17) is 4.74 Å². The second kappa shape index (κ2) is 5.97. The van der Waals surface area contributed by atoms with Crippen molar-refractivity contribution >= 4 is 11.7 Å². The molecule has 0 radical (unpaired) electrons. The Morgan fingerprint density at radius 3 is 2.79 bits per heavy atom. The van der Waals surface area contributed by atoms with Gasteiger partial charge in [0.05, 0.1) is 38.4 Å². The first-order valence-electron chi connectivity index (χ1n) is 7.99. The maximum Gasteiger partial charge on any atom is 0.155 e. The Morgan fingerprint density at radius 2 is 2.08 bits per heavy atom. The van der Waals surface area contributed by atoms with Gasteiger partial charge in [0.2, 0.25) is 0 Å². The third-order valence-corrected chi connectivity index (χ3v) is 4.76. The molecule has 24 heavy (non-hydrogen) atoms. The van der Waals surface area contributed by atoms with Gasteiger partial charge in [0.25, 0.3) is 0 Å². The van der Waals surface area contributed by atoms with Crippen molar-refractivity contribution in [3.05, 3.63) is 12.0 Å². The van der Waals surface area contributed by atoms with Gasteiger partial charge in [-0.3, -0.25) is 9.56 Å². The number of amidine groups is 1. The van der Waals surface area contributed by atoms with Crippen molar-refractivity contribution < 1.29 is 25.2 Å². The molecule has 2 unspecified atom stereocenters. The molecule has 1 aromatic rings. The molecule has 5 N–H and O–H groups in total. The van der Waals surface area contributed by atoms with E-state index in [-0.39, 0.29) is 13.2 Å². The minimum absolute atomic E-state index is 0.224. The number of fused-ring (bicyclic) bond motifs is 3. The van der Waals surface area contributed by atoms with E-state index >= 15 is 0 Å². The number of nitrogens with zero attached hydrogens (tertiary/aromatic N) is 4. The number of nitrogens with one attached hydrogen (secondary N) is 1. The number of anilines is 1. The minimum atomic E-state index is -0.723. The van der Waals surface area contributed by atoms with Gasteiger partial charge in [0.15, 0.2) is 5.84 Å². The highest BCUT2D eigenvalue weighted by Crippen LogP contribution is 2.34. The molecule has 1 fully saturated rings. The number of aliphatic hydroxyl groups is 4. The second-order valence-electron chi connectivity index (χ2n) is 6.29. The fourth-order valence-electron chi connectivity index (χ4n) is 3.41. The number of rotatable bonds is 3. The number of ether oxygens (including phenoxy) is 1. The van der Waals surface area contributed by atoms with E-state index in [2.05, 4.69) is 15.3 Å². The van der Waals surface area contributed by atoms with Gasteiger partial charge in [0.1, 0.15) is 29.9 Å². The van der Waals surface area contributed by atoms with E-state index in [0.717, 1.165) is 0 Å². The van der Waals surface area contributed by atoms with Crippen LogP contribution in [0.2, 0.25) is 0 Å². The SMILES string of the molecule is OCC1N=C2c3ncn([C@H]4C[C@H](O)[C@@H](CO)O4)c3NCN2CC1O. The van der Waals surface area contributed by atoms with Crippen LogP contribution in [0.1, 0.15) is 18.3 Å². The van der Waals surface area contributed by atoms with Crippen molar-refractivity contribution in [2.45, 2.75) is 37.0 Å². The van der Waals surface area contributed by atoms with E-state index in [9.17, 15) is 20.4 Å². The number of hydrogen-bond acceptors (Lipinski definition) is 9. The Balaban J connectivity index is 1.65. The average Bonchev–Trinajstić information content (AvgIpc) is 3.17. The summed E-state index contributed by atoms with van der Waals surface area (Å²) in [6, 6.07) is -0.560. The summed E-state index contributed by atoms with van der Waals surface area (Å²) >= 11 is 0. The lowest BCUT2D eigenvalue weighted by atomic mass is 10.1. The molecule has 132 valence electrons. The quantitative estimate of drug-likeness (QED) is 0.414. The van der Waals surface area contributed by atoms with Gasteiger partial charge in [-0.25, -0.2) is 4.98 Å². The lowest BCUT2D eigenvalue weighted by Crippen LogP contribution is -2.52. The van der Waals surface area contributed by atoms with E-state index in [1.54, 1.807) is 10.9 Å². The Bertz CT molecular complexity index is 649. The number of hydrogen-bond donors (Lipinski definition) is 5. The molecule has 3 aliphatic rings. The highest BCUT2D eigenvalue weighted by atomic mass is 16.5. The maximum absolute atomic E-state index is 9.99. The number of aliphatic imine (C=N–C) groups is 1. The van der Waals surface area contributed by atoms with Crippen LogP contribution < -0.4 is 5.32 Å². The van der Waals surface area contributed by atoms with Gasteiger partial charge in [-0.15, -0.1) is 0 Å². The summed E-state index contributed by atoms with van der Waals surface area (Å²) in [5.41, 5.74) is 0.622. The van der Waals surface area contributed by atoms with Crippen molar-refractivity contribution in [1.29, 1.82) is 0 Å². The van der Waals surface area contributed by atoms with E-state index in [0.29, 0.717) is 37.0 Å². The van der Waals surface area contributed by atoms with Crippen molar-refractivity contribution in [1.82, 2.24) is 14.5 Å². The molecule has 3 aliphatic heterocycles. The van der Waals surface area contributed by atoms with E-state index < -0.39 is 30.6 Å². The predicted molar refractivity (Wildman–Crippen MR) is 82.5 cm³/mol. The van der Waals surface area contributed by atoms with Crippen LogP contribution >= 0.6 is 0 Å². The highest BCUT2D eigenvalue weighted by molar-refractivity contribution is 6.03. The molecule has 10 heteroatoms.